The van der Waals surface area contributed by atoms with Gasteiger partial charge in [0.15, 0.2) is 0 Å². The summed E-state index contributed by atoms with van der Waals surface area (Å²) in [5, 5.41) is 0. The predicted octanol–water partition coefficient (Wildman–Crippen LogP) is 4.42. The van der Waals surface area contributed by atoms with Crippen LogP contribution in [0.4, 0.5) is 0 Å². The molecule has 0 N–H and O–H groups in total. The van der Waals surface area contributed by atoms with E-state index < -0.39 is 5.60 Å². The Morgan fingerprint density at radius 2 is 1.41 bits per heavy atom. The minimum Gasteiger partial charge on any atom is -0.465 e. The van der Waals surface area contributed by atoms with Crippen LogP contribution in [0.1, 0.15) is 59.0 Å². The van der Waals surface area contributed by atoms with Gasteiger partial charge in [0.2, 0.25) is 0 Å². The summed E-state index contributed by atoms with van der Waals surface area (Å²) in [6, 6.07) is 14.4. The van der Waals surface area contributed by atoms with Crippen LogP contribution in [0, 0.1) is 5.92 Å². The first-order chi connectivity index (χ1) is 13.7. The molecule has 29 heavy (non-hydrogen) atoms. The standard InChI is InChI=1S/C24H28O5/c1-24(2,3)29-23(27)21-11-7-17(8-12-21)5-6-19(16-25)15-18-9-13-20(14-10-18)22(26)28-4/h7-14,16,19H,5-6,15H2,1-4H3. The zero-order valence-electron chi connectivity index (χ0n) is 17.4. The largest absolute Gasteiger partial charge is 0.465 e. The van der Waals surface area contributed by atoms with Crippen molar-refractivity contribution in [3.63, 3.8) is 0 Å². The van der Waals surface area contributed by atoms with Crippen LogP contribution in [0.25, 0.3) is 0 Å². The minimum absolute atomic E-state index is 0.121. The molecule has 0 aliphatic rings. The number of ether oxygens (including phenoxy) is 2. The molecule has 0 aliphatic carbocycles. The lowest BCUT2D eigenvalue weighted by molar-refractivity contribution is -0.111. The molecule has 154 valence electrons. The maximum atomic E-state index is 12.1. The molecule has 0 amide bonds. The van der Waals surface area contributed by atoms with E-state index in [4.69, 9.17) is 4.74 Å². The highest BCUT2D eigenvalue weighted by atomic mass is 16.6. The summed E-state index contributed by atoms with van der Waals surface area (Å²) in [4.78, 5) is 35.1. The van der Waals surface area contributed by atoms with Crippen LogP contribution in [0.5, 0.6) is 0 Å². The van der Waals surface area contributed by atoms with Gasteiger partial charge < -0.3 is 14.3 Å². The van der Waals surface area contributed by atoms with Gasteiger partial charge in [-0.1, -0.05) is 24.3 Å². The Balaban J connectivity index is 1.91. The van der Waals surface area contributed by atoms with E-state index in [1.54, 1.807) is 24.3 Å². The predicted molar refractivity (Wildman–Crippen MR) is 111 cm³/mol. The molecule has 0 spiro atoms. The highest BCUT2D eigenvalue weighted by Crippen LogP contribution is 2.17. The van der Waals surface area contributed by atoms with Gasteiger partial charge in [-0.3, -0.25) is 0 Å². The lowest BCUT2D eigenvalue weighted by atomic mass is 9.93. The van der Waals surface area contributed by atoms with Gasteiger partial charge in [-0.2, -0.15) is 0 Å². The van der Waals surface area contributed by atoms with E-state index >= 15 is 0 Å². The van der Waals surface area contributed by atoms with E-state index in [1.165, 1.54) is 7.11 Å². The second-order valence-electron chi connectivity index (χ2n) is 8.03. The fourth-order valence-corrected chi connectivity index (χ4v) is 2.91. The van der Waals surface area contributed by atoms with Gasteiger partial charge in [0.25, 0.3) is 0 Å². The third kappa shape index (κ3) is 7.18. The van der Waals surface area contributed by atoms with Crippen molar-refractivity contribution in [1.29, 1.82) is 0 Å². The number of esters is 2. The van der Waals surface area contributed by atoms with Gasteiger partial charge in [0.1, 0.15) is 11.9 Å². The Kier molecular flexibility index (Phi) is 7.71. The fourth-order valence-electron chi connectivity index (χ4n) is 2.91. The highest BCUT2D eigenvalue weighted by molar-refractivity contribution is 5.90. The SMILES string of the molecule is COC(=O)c1ccc(CC(C=O)CCc2ccc(C(=O)OC(C)(C)C)cc2)cc1. The molecule has 0 heterocycles. The molecule has 2 rings (SSSR count). The quantitative estimate of drug-likeness (QED) is 0.488. The number of aryl methyl sites for hydroxylation is 1. The molecule has 1 atom stereocenters. The monoisotopic (exact) mass is 396 g/mol. The molecule has 0 aliphatic heterocycles. The van der Waals surface area contributed by atoms with E-state index in [0.717, 1.165) is 23.8 Å². The first-order valence-electron chi connectivity index (χ1n) is 9.66. The Morgan fingerprint density at radius 1 is 0.897 bits per heavy atom. The van der Waals surface area contributed by atoms with E-state index in [0.29, 0.717) is 24.0 Å². The van der Waals surface area contributed by atoms with Crippen LogP contribution in [-0.4, -0.2) is 30.9 Å². The van der Waals surface area contributed by atoms with Crippen molar-refractivity contribution in [1.82, 2.24) is 0 Å². The van der Waals surface area contributed by atoms with Crippen LogP contribution >= 0.6 is 0 Å². The van der Waals surface area contributed by atoms with Gasteiger partial charge in [-0.25, -0.2) is 9.59 Å². The summed E-state index contributed by atoms with van der Waals surface area (Å²) in [7, 11) is 1.35. The van der Waals surface area contributed by atoms with E-state index in [9.17, 15) is 14.4 Å². The van der Waals surface area contributed by atoms with Crippen LogP contribution in [0.3, 0.4) is 0 Å². The highest BCUT2D eigenvalue weighted by Gasteiger charge is 2.17. The summed E-state index contributed by atoms with van der Waals surface area (Å²) in [6.07, 6.45) is 3.02. The van der Waals surface area contributed by atoms with Gasteiger partial charge in [0, 0.05) is 5.92 Å². The number of carbonyl (C=O) groups excluding carboxylic acids is 3. The number of methoxy groups -OCH3 is 1. The summed E-state index contributed by atoms with van der Waals surface area (Å²) in [5.74, 6) is -0.840. The van der Waals surface area contributed by atoms with Crippen molar-refractivity contribution in [2.24, 2.45) is 5.92 Å². The number of hydrogen-bond acceptors (Lipinski definition) is 5. The maximum Gasteiger partial charge on any atom is 0.338 e. The zero-order chi connectivity index (χ0) is 21.4. The van der Waals surface area contributed by atoms with Gasteiger partial charge in [-0.05, 0) is 75.4 Å². The lowest BCUT2D eigenvalue weighted by Crippen LogP contribution is -2.23. The van der Waals surface area contributed by atoms with Crippen molar-refractivity contribution in [3.8, 4) is 0 Å². The van der Waals surface area contributed by atoms with Crippen molar-refractivity contribution in [2.75, 3.05) is 7.11 Å². The number of aldehydes is 1. The average molecular weight is 396 g/mol. The third-order valence-electron chi connectivity index (χ3n) is 4.46. The molecule has 0 radical (unpaired) electrons. The molecule has 0 bridgehead atoms. The molecule has 0 saturated heterocycles. The van der Waals surface area contributed by atoms with Crippen molar-refractivity contribution in [2.45, 2.75) is 45.6 Å². The Hall–Kier alpha value is -2.95. The van der Waals surface area contributed by atoms with Crippen LogP contribution in [0.2, 0.25) is 0 Å². The van der Waals surface area contributed by atoms with Crippen LogP contribution < -0.4 is 0 Å². The van der Waals surface area contributed by atoms with Gasteiger partial charge in [0.05, 0.1) is 18.2 Å². The molecule has 2 aromatic carbocycles. The molecule has 0 saturated carbocycles. The van der Waals surface area contributed by atoms with Crippen molar-refractivity contribution < 1.29 is 23.9 Å². The van der Waals surface area contributed by atoms with E-state index in [1.807, 2.05) is 45.0 Å². The lowest BCUT2D eigenvalue weighted by Gasteiger charge is -2.19. The molecule has 5 heteroatoms. The van der Waals surface area contributed by atoms with Crippen molar-refractivity contribution >= 4 is 18.2 Å². The zero-order valence-corrected chi connectivity index (χ0v) is 17.4. The molecule has 0 fully saturated rings. The van der Waals surface area contributed by atoms with Gasteiger partial charge >= 0.3 is 11.9 Å². The van der Waals surface area contributed by atoms with Gasteiger partial charge in [-0.15, -0.1) is 0 Å². The number of carbonyl (C=O) groups is 3. The van der Waals surface area contributed by atoms with E-state index in [2.05, 4.69) is 4.74 Å². The summed E-state index contributed by atoms with van der Waals surface area (Å²) < 4.78 is 10.1. The van der Waals surface area contributed by atoms with Crippen LogP contribution in [0.15, 0.2) is 48.5 Å². The van der Waals surface area contributed by atoms with E-state index in [-0.39, 0.29) is 17.9 Å². The molecular weight excluding hydrogens is 368 g/mol. The van der Waals surface area contributed by atoms with Crippen LogP contribution in [-0.2, 0) is 27.1 Å². The topological polar surface area (TPSA) is 69.7 Å². The summed E-state index contributed by atoms with van der Waals surface area (Å²) in [6.45, 7) is 5.51. The normalized spacial score (nSPS) is 12.1. The number of benzene rings is 2. The number of rotatable bonds is 8. The smallest absolute Gasteiger partial charge is 0.338 e. The first kappa shape index (κ1) is 22.3. The summed E-state index contributed by atoms with van der Waals surface area (Å²) >= 11 is 0. The fraction of sp³-hybridized carbons (Fsp3) is 0.375. The molecule has 1 unspecified atom stereocenters. The molecule has 5 nitrogen and oxygen atoms in total. The second kappa shape index (κ2) is 10.0. The minimum atomic E-state index is -0.526. The second-order valence-corrected chi connectivity index (χ2v) is 8.03. The third-order valence-corrected chi connectivity index (χ3v) is 4.46. The average Bonchev–Trinajstić information content (AvgIpc) is 2.70. The summed E-state index contributed by atoms with van der Waals surface area (Å²) in [5.41, 5.74) is 2.53. The molecule has 2 aromatic rings. The molecular formula is C24H28O5. The maximum absolute atomic E-state index is 12.1. The Morgan fingerprint density at radius 3 is 1.90 bits per heavy atom. The first-order valence-corrected chi connectivity index (χ1v) is 9.66. The molecule has 0 aromatic heterocycles. The van der Waals surface area contributed by atoms with Crippen molar-refractivity contribution in [3.05, 3.63) is 70.8 Å². The Labute approximate surface area is 172 Å². The Bertz CT molecular complexity index is 829. The number of hydrogen-bond donors (Lipinski definition) is 0.